The smallest absolute Gasteiger partial charge is 0.285 e. The average molecular weight is 340 g/mol. The first-order valence-corrected chi connectivity index (χ1v) is 6.85. The summed E-state index contributed by atoms with van der Waals surface area (Å²) in [5, 5.41) is 22.2. The highest BCUT2D eigenvalue weighted by Crippen LogP contribution is 2.26. The highest BCUT2D eigenvalue weighted by atomic mass is 79.9. The number of benzene rings is 1. The molecule has 0 radical (unpaired) electrons. The summed E-state index contributed by atoms with van der Waals surface area (Å²) in [6, 6.07) is 5.18. The third-order valence-electron chi connectivity index (χ3n) is 2.62. The largest absolute Gasteiger partial charge is 0.309 e. The van der Waals surface area contributed by atoms with Gasteiger partial charge in [-0.1, -0.05) is 19.1 Å². The molecule has 2 aromatic rings. The molecule has 0 aliphatic carbocycles. The molecule has 1 heterocycles. The van der Waals surface area contributed by atoms with E-state index in [-0.39, 0.29) is 5.69 Å². The van der Waals surface area contributed by atoms with Crippen LogP contribution < -0.4 is 5.32 Å². The molecule has 0 fully saturated rings. The van der Waals surface area contributed by atoms with Gasteiger partial charge in [0.2, 0.25) is 0 Å². The Kier molecular flexibility index (Phi) is 4.46. The molecule has 0 aliphatic heterocycles. The third kappa shape index (κ3) is 3.40. The highest BCUT2D eigenvalue weighted by Gasteiger charge is 2.14. The Bertz CT molecular complexity index is 626. The van der Waals surface area contributed by atoms with E-state index in [1.165, 1.54) is 10.7 Å². The van der Waals surface area contributed by atoms with Gasteiger partial charge in [0.05, 0.1) is 27.0 Å². The summed E-state index contributed by atoms with van der Waals surface area (Å²) in [6.45, 7) is 4.70. The summed E-state index contributed by atoms with van der Waals surface area (Å²) in [4.78, 5) is 10.5. The Balaban J connectivity index is 2.24. The fraction of sp³-hybridized carbons (Fsp3) is 0.333. The molecule has 0 spiro atoms. The summed E-state index contributed by atoms with van der Waals surface area (Å²) in [5.74, 6) is 0. The van der Waals surface area contributed by atoms with Crippen molar-refractivity contribution in [3.8, 4) is 5.69 Å². The van der Waals surface area contributed by atoms with Gasteiger partial charge in [0.25, 0.3) is 5.69 Å². The van der Waals surface area contributed by atoms with E-state index in [0.29, 0.717) is 22.7 Å². The number of nitro benzene ring substituents is 1. The molecule has 20 heavy (non-hydrogen) atoms. The van der Waals surface area contributed by atoms with Gasteiger partial charge < -0.3 is 5.32 Å². The maximum absolute atomic E-state index is 10.9. The van der Waals surface area contributed by atoms with Gasteiger partial charge in [-0.15, -0.1) is 5.10 Å². The van der Waals surface area contributed by atoms with Crippen LogP contribution in [0.5, 0.6) is 0 Å². The maximum atomic E-state index is 10.9. The van der Waals surface area contributed by atoms with Gasteiger partial charge in [0.15, 0.2) is 0 Å². The standard InChI is InChI=1S/C12H14BrN5O2/c1-8(2)14-6-9-7-17(16-15-9)10-3-4-11(13)12(5-10)18(19)20/h3-5,7-8,14H,6H2,1-2H3. The van der Waals surface area contributed by atoms with E-state index in [0.717, 1.165) is 5.69 Å². The quantitative estimate of drug-likeness (QED) is 0.667. The van der Waals surface area contributed by atoms with Crippen LogP contribution in [-0.4, -0.2) is 26.0 Å². The molecule has 1 aromatic carbocycles. The molecule has 1 N–H and O–H groups in total. The molecular formula is C12H14BrN5O2. The predicted octanol–water partition coefficient (Wildman–Crippen LogP) is 2.44. The lowest BCUT2D eigenvalue weighted by Gasteiger charge is -2.04. The zero-order valence-corrected chi connectivity index (χ0v) is 12.7. The van der Waals surface area contributed by atoms with Crippen molar-refractivity contribution in [3.63, 3.8) is 0 Å². The Morgan fingerprint density at radius 1 is 1.50 bits per heavy atom. The Hall–Kier alpha value is -1.80. The number of nitrogens with one attached hydrogen (secondary N) is 1. The molecule has 106 valence electrons. The molecule has 0 aliphatic rings. The monoisotopic (exact) mass is 339 g/mol. The van der Waals surface area contributed by atoms with E-state index in [2.05, 4.69) is 31.6 Å². The van der Waals surface area contributed by atoms with Crippen LogP contribution in [-0.2, 0) is 6.54 Å². The van der Waals surface area contributed by atoms with Crippen LogP contribution in [0.15, 0.2) is 28.9 Å². The molecule has 0 saturated heterocycles. The topological polar surface area (TPSA) is 85.9 Å². The molecule has 7 nitrogen and oxygen atoms in total. The van der Waals surface area contributed by atoms with Gasteiger partial charge in [-0.2, -0.15) is 0 Å². The van der Waals surface area contributed by atoms with Crippen LogP contribution >= 0.6 is 15.9 Å². The molecule has 0 saturated carbocycles. The SMILES string of the molecule is CC(C)NCc1cn(-c2ccc(Br)c([N+](=O)[O-])c2)nn1. The minimum atomic E-state index is -0.439. The first kappa shape index (κ1) is 14.6. The predicted molar refractivity (Wildman–Crippen MR) is 77.7 cm³/mol. The second kappa shape index (κ2) is 6.10. The van der Waals surface area contributed by atoms with Crippen molar-refractivity contribution in [2.45, 2.75) is 26.4 Å². The third-order valence-corrected chi connectivity index (χ3v) is 3.29. The van der Waals surface area contributed by atoms with Crippen molar-refractivity contribution in [3.05, 3.63) is 44.7 Å². The normalized spacial score (nSPS) is 11.0. The molecule has 0 amide bonds. The fourth-order valence-electron chi connectivity index (χ4n) is 1.60. The molecule has 0 bridgehead atoms. The molecular weight excluding hydrogens is 326 g/mol. The number of aromatic nitrogens is 3. The van der Waals surface area contributed by atoms with Gasteiger partial charge in [-0.3, -0.25) is 10.1 Å². The maximum Gasteiger partial charge on any atom is 0.285 e. The Morgan fingerprint density at radius 3 is 2.90 bits per heavy atom. The van der Waals surface area contributed by atoms with E-state index in [1.54, 1.807) is 18.3 Å². The summed E-state index contributed by atoms with van der Waals surface area (Å²) in [6.07, 6.45) is 1.75. The first-order valence-electron chi connectivity index (χ1n) is 6.06. The molecule has 0 unspecified atom stereocenters. The summed E-state index contributed by atoms with van der Waals surface area (Å²) < 4.78 is 1.96. The summed E-state index contributed by atoms with van der Waals surface area (Å²) >= 11 is 3.15. The average Bonchev–Trinajstić information content (AvgIpc) is 2.85. The minimum Gasteiger partial charge on any atom is -0.309 e. The first-order chi connectivity index (χ1) is 9.47. The van der Waals surface area contributed by atoms with Crippen LogP contribution in [0.3, 0.4) is 0 Å². The number of rotatable bonds is 5. The fourth-order valence-corrected chi connectivity index (χ4v) is 1.99. The van der Waals surface area contributed by atoms with Crippen LogP contribution in [0.2, 0.25) is 0 Å². The van der Waals surface area contributed by atoms with E-state index >= 15 is 0 Å². The number of nitrogens with zero attached hydrogens (tertiary/aromatic N) is 4. The number of hydrogen-bond donors (Lipinski definition) is 1. The zero-order valence-electron chi connectivity index (χ0n) is 11.1. The van der Waals surface area contributed by atoms with Crippen molar-refractivity contribution in [2.24, 2.45) is 0 Å². The van der Waals surface area contributed by atoms with E-state index < -0.39 is 4.92 Å². The Labute approximate surface area is 124 Å². The second-order valence-corrected chi connectivity index (χ2v) is 5.44. The summed E-state index contributed by atoms with van der Waals surface area (Å²) in [7, 11) is 0. The van der Waals surface area contributed by atoms with Crippen LogP contribution in [0.25, 0.3) is 5.69 Å². The van der Waals surface area contributed by atoms with Crippen LogP contribution in [0.1, 0.15) is 19.5 Å². The van der Waals surface area contributed by atoms with Gasteiger partial charge >= 0.3 is 0 Å². The summed E-state index contributed by atoms with van der Waals surface area (Å²) in [5.41, 5.74) is 1.38. The lowest BCUT2D eigenvalue weighted by atomic mass is 10.3. The van der Waals surface area contributed by atoms with Gasteiger partial charge in [0, 0.05) is 18.7 Å². The highest BCUT2D eigenvalue weighted by molar-refractivity contribution is 9.10. The van der Waals surface area contributed by atoms with Crippen molar-refractivity contribution in [1.82, 2.24) is 20.3 Å². The van der Waals surface area contributed by atoms with E-state index in [4.69, 9.17) is 0 Å². The molecule has 0 atom stereocenters. The van der Waals surface area contributed by atoms with E-state index in [9.17, 15) is 10.1 Å². The van der Waals surface area contributed by atoms with Crippen LogP contribution in [0.4, 0.5) is 5.69 Å². The second-order valence-electron chi connectivity index (χ2n) is 4.58. The number of halogens is 1. The van der Waals surface area contributed by atoms with Gasteiger partial charge in [0.1, 0.15) is 0 Å². The molecule has 2 rings (SSSR count). The number of nitro groups is 1. The van der Waals surface area contributed by atoms with Crippen molar-refractivity contribution < 1.29 is 4.92 Å². The van der Waals surface area contributed by atoms with Gasteiger partial charge in [-0.05, 0) is 28.1 Å². The van der Waals surface area contributed by atoms with Gasteiger partial charge in [-0.25, -0.2) is 4.68 Å². The lowest BCUT2D eigenvalue weighted by Crippen LogP contribution is -2.21. The van der Waals surface area contributed by atoms with Crippen molar-refractivity contribution in [2.75, 3.05) is 0 Å². The Morgan fingerprint density at radius 2 is 2.25 bits per heavy atom. The molecule has 1 aromatic heterocycles. The van der Waals surface area contributed by atoms with Crippen molar-refractivity contribution >= 4 is 21.6 Å². The lowest BCUT2D eigenvalue weighted by molar-refractivity contribution is -0.385. The van der Waals surface area contributed by atoms with E-state index in [1.807, 2.05) is 13.8 Å². The minimum absolute atomic E-state index is 0.000134. The number of hydrogen-bond acceptors (Lipinski definition) is 5. The van der Waals surface area contributed by atoms with Crippen LogP contribution in [0, 0.1) is 10.1 Å². The zero-order chi connectivity index (χ0) is 14.7. The van der Waals surface area contributed by atoms with Crippen molar-refractivity contribution in [1.29, 1.82) is 0 Å². The molecule has 8 heteroatoms.